The predicted molar refractivity (Wildman–Crippen MR) is 109 cm³/mol. The molecule has 0 aliphatic heterocycles. The third-order valence-corrected chi connectivity index (χ3v) is 4.03. The number of nitrogens with zero attached hydrogens (tertiary/aromatic N) is 1. The van der Waals surface area contributed by atoms with Crippen LogP contribution in [0.25, 0.3) is 0 Å². The average Bonchev–Trinajstić information content (AvgIpc) is 2.71. The molecule has 0 saturated heterocycles. The summed E-state index contributed by atoms with van der Waals surface area (Å²) in [6, 6.07) is 12.4. The number of guanidine groups is 1. The Labute approximate surface area is 173 Å². The van der Waals surface area contributed by atoms with E-state index < -0.39 is 17.6 Å². The Kier molecular flexibility index (Phi) is 8.52. The highest BCUT2D eigenvalue weighted by Gasteiger charge is 2.30. The molecule has 1 amide bonds. The van der Waals surface area contributed by atoms with Crippen molar-refractivity contribution in [2.24, 2.45) is 10.7 Å². The van der Waals surface area contributed by atoms with E-state index in [0.29, 0.717) is 36.8 Å². The molecule has 0 aromatic heterocycles. The van der Waals surface area contributed by atoms with Gasteiger partial charge >= 0.3 is 6.18 Å². The number of carbonyl (C=O) groups excluding carboxylic acids is 1. The van der Waals surface area contributed by atoms with Gasteiger partial charge in [0.2, 0.25) is 0 Å². The van der Waals surface area contributed by atoms with Gasteiger partial charge in [0.05, 0.1) is 12.1 Å². The number of primary amides is 1. The molecular weight excluding hydrogens is 397 g/mol. The molecule has 30 heavy (non-hydrogen) atoms. The maximum atomic E-state index is 12.8. The Morgan fingerprint density at radius 1 is 1.10 bits per heavy atom. The highest BCUT2D eigenvalue weighted by Crippen LogP contribution is 2.29. The number of nitrogens with two attached hydrogens (primary N) is 1. The Balaban J connectivity index is 1.89. The number of rotatable bonds is 9. The summed E-state index contributed by atoms with van der Waals surface area (Å²) in [5.74, 6) is 0.543. The Morgan fingerprint density at radius 3 is 2.47 bits per heavy atom. The molecule has 0 aliphatic carbocycles. The monoisotopic (exact) mass is 422 g/mol. The summed E-state index contributed by atoms with van der Waals surface area (Å²) >= 11 is 0. The highest BCUT2D eigenvalue weighted by atomic mass is 19.4. The molecule has 2 rings (SSSR count). The minimum Gasteiger partial charge on any atom is -0.484 e. The van der Waals surface area contributed by atoms with Crippen LogP contribution in [0.15, 0.2) is 53.5 Å². The van der Waals surface area contributed by atoms with E-state index in [0.717, 1.165) is 17.7 Å². The SMILES string of the molecule is CCNC(=NCc1cccc(C(F)(F)F)c1)NCCc1ccc(OCC(N)=O)cc1. The zero-order valence-corrected chi connectivity index (χ0v) is 16.6. The second-order valence-corrected chi connectivity index (χ2v) is 6.47. The van der Waals surface area contributed by atoms with Crippen molar-refractivity contribution in [3.8, 4) is 5.75 Å². The van der Waals surface area contributed by atoms with Gasteiger partial charge in [-0.25, -0.2) is 4.99 Å². The molecule has 162 valence electrons. The molecule has 0 spiro atoms. The van der Waals surface area contributed by atoms with E-state index in [1.807, 2.05) is 19.1 Å². The van der Waals surface area contributed by atoms with Gasteiger partial charge in [0, 0.05) is 13.1 Å². The van der Waals surface area contributed by atoms with Gasteiger partial charge in [-0.15, -0.1) is 0 Å². The van der Waals surface area contributed by atoms with Gasteiger partial charge in [0.25, 0.3) is 5.91 Å². The first-order chi connectivity index (χ1) is 14.3. The van der Waals surface area contributed by atoms with Crippen LogP contribution in [0, 0.1) is 0 Å². The van der Waals surface area contributed by atoms with E-state index in [9.17, 15) is 18.0 Å². The first-order valence-electron chi connectivity index (χ1n) is 9.46. The lowest BCUT2D eigenvalue weighted by Crippen LogP contribution is -2.38. The molecule has 0 heterocycles. The first-order valence-corrected chi connectivity index (χ1v) is 9.46. The number of halogens is 3. The lowest BCUT2D eigenvalue weighted by Gasteiger charge is -2.12. The summed E-state index contributed by atoms with van der Waals surface area (Å²) < 4.78 is 43.7. The zero-order chi connectivity index (χ0) is 22.0. The molecule has 2 aromatic rings. The van der Waals surface area contributed by atoms with E-state index in [2.05, 4.69) is 15.6 Å². The fourth-order valence-electron chi connectivity index (χ4n) is 2.59. The Hall–Kier alpha value is -3.23. The van der Waals surface area contributed by atoms with Crippen molar-refractivity contribution in [3.05, 3.63) is 65.2 Å². The number of alkyl halides is 3. The van der Waals surface area contributed by atoms with Crippen LogP contribution in [0.3, 0.4) is 0 Å². The van der Waals surface area contributed by atoms with Crippen molar-refractivity contribution in [1.29, 1.82) is 0 Å². The molecule has 9 heteroatoms. The second-order valence-electron chi connectivity index (χ2n) is 6.47. The molecule has 0 aliphatic rings. The van der Waals surface area contributed by atoms with Gasteiger partial charge in [-0.3, -0.25) is 4.79 Å². The molecular formula is C21H25F3N4O2. The minimum atomic E-state index is -4.37. The maximum absolute atomic E-state index is 12.8. The van der Waals surface area contributed by atoms with Gasteiger partial charge < -0.3 is 21.1 Å². The molecule has 2 aromatic carbocycles. The van der Waals surface area contributed by atoms with Gasteiger partial charge in [0.1, 0.15) is 5.75 Å². The summed E-state index contributed by atoms with van der Waals surface area (Å²) in [6.07, 6.45) is -3.67. The van der Waals surface area contributed by atoms with Crippen molar-refractivity contribution in [1.82, 2.24) is 10.6 Å². The average molecular weight is 422 g/mol. The molecule has 0 saturated carbocycles. The fourth-order valence-corrected chi connectivity index (χ4v) is 2.59. The van der Waals surface area contributed by atoms with Crippen LogP contribution in [0.4, 0.5) is 13.2 Å². The van der Waals surface area contributed by atoms with Crippen LogP contribution in [-0.2, 0) is 23.9 Å². The highest BCUT2D eigenvalue weighted by molar-refractivity contribution is 5.79. The normalized spacial score (nSPS) is 11.8. The van der Waals surface area contributed by atoms with E-state index in [1.165, 1.54) is 6.07 Å². The minimum absolute atomic E-state index is 0.130. The Morgan fingerprint density at radius 2 is 1.83 bits per heavy atom. The molecule has 0 unspecified atom stereocenters. The molecule has 6 nitrogen and oxygen atoms in total. The van der Waals surface area contributed by atoms with Gasteiger partial charge in [-0.05, 0) is 48.7 Å². The smallest absolute Gasteiger partial charge is 0.416 e. The molecule has 4 N–H and O–H groups in total. The predicted octanol–water partition coefficient (Wildman–Crippen LogP) is 2.87. The summed E-state index contributed by atoms with van der Waals surface area (Å²) in [4.78, 5) is 15.1. The van der Waals surface area contributed by atoms with Crippen LogP contribution < -0.4 is 21.1 Å². The van der Waals surface area contributed by atoms with Crippen molar-refractivity contribution < 1.29 is 22.7 Å². The lowest BCUT2D eigenvalue weighted by molar-refractivity contribution is -0.137. The number of aliphatic imine (C=N–C) groups is 1. The lowest BCUT2D eigenvalue weighted by atomic mass is 10.1. The van der Waals surface area contributed by atoms with Crippen molar-refractivity contribution >= 4 is 11.9 Å². The topological polar surface area (TPSA) is 88.7 Å². The fraction of sp³-hybridized carbons (Fsp3) is 0.333. The van der Waals surface area contributed by atoms with Crippen LogP contribution >= 0.6 is 0 Å². The first kappa shape index (κ1) is 23.1. The van der Waals surface area contributed by atoms with E-state index in [1.54, 1.807) is 18.2 Å². The van der Waals surface area contributed by atoms with E-state index >= 15 is 0 Å². The largest absolute Gasteiger partial charge is 0.484 e. The summed E-state index contributed by atoms with van der Waals surface area (Å²) in [5.41, 5.74) is 5.88. The molecule has 0 atom stereocenters. The standard InChI is InChI=1S/C21H25F3N4O2/c1-2-26-20(28-13-16-4-3-5-17(12-16)21(22,23)24)27-11-10-15-6-8-18(9-7-15)30-14-19(25)29/h3-9,12H,2,10-11,13-14H2,1H3,(H2,25,29)(H2,26,27,28). The van der Waals surface area contributed by atoms with Gasteiger partial charge in [-0.2, -0.15) is 13.2 Å². The number of carbonyl (C=O) groups is 1. The third-order valence-electron chi connectivity index (χ3n) is 4.03. The quantitative estimate of drug-likeness (QED) is 0.428. The summed E-state index contributed by atoms with van der Waals surface area (Å²) in [7, 11) is 0. The summed E-state index contributed by atoms with van der Waals surface area (Å²) in [6.45, 7) is 3.07. The van der Waals surface area contributed by atoms with Crippen LogP contribution in [-0.4, -0.2) is 31.6 Å². The Bertz CT molecular complexity index is 852. The third kappa shape index (κ3) is 8.02. The number of hydrogen-bond acceptors (Lipinski definition) is 3. The van der Waals surface area contributed by atoms with Crippen LogP contribution in [0.5, 0.6) is 5.75 Å². The molecule has 0 fully saturated rings. The van der Waals surface area contributed by atoms with Crippen molar-refractivity contribution in [3.63, 3.8) is 0 Å². The maximum Gasteiger partial charge on any atom is 0.416 e. The second kappa shape index (κ2) is 11.1. The van der Waals surface area contributed by atoms with Gasteiger partial charge in [0.15, 0.2) is 12.6 Å². The number of ether oxygens (including phenoxy) is 1. The zero-order valence-electron chi connectivity index (χ0n) is 16.6. The number of hydrogen-bond donors (Lipinski definition) is 3. The van der Waals surface area contributed by atoms with E-state index in [4.69, 9.17) is 10.5 Å². The van der Waals surface area contributed by atoms with E-state index in [-0.39, 0.29) is 13.2 Å². The van der Waals surface area contributed by atoms with Crippen LogP contribution in [0.2, 0.25) is 0 Å². The summed E-state index contributed by atoms with van der Waals surface area (Å²) in [5, 5.41) is 6.24. The molecule has 0 radical (unpaired) electrons. The number of nitrogens with one attached hydrogen (secondary N) is 2. The number of amides is 1. The van der Waals surface area contributed by atoms with Crippen LogP contribution in [0.1, 0.15) is 23.6 Å². The van der Waals surface area contributed by atoms with Crippen molar-refractivity contribution in [2.45, 2.75) is 26.1 Å². The van der Waals surface area contributed by atoms with Crippen molar-refractivity contribution in [2.75, 3.05) is 19.7 Å². The van der Waals surface area contributed by atoms with Gasteiger partial charge in [-0.1, -0.05) is 24.3 Å². The number of benzene rings is 2. The molecule has 0 bridgehead atoms.